The molecule has 6 rings (SSSR count). The third-order valence-corrected chi connectivity index (χ3v) is 7.76. The molecule has 1 aliphatic rings. The van der Waals surface area contributed by atoms with E-state index in [2.05, 4.69) is 54.1 Å². The number of nitrogens with two attached hydrogens (primary N) is 1. The van der Waals surface area contributed by atoms with E-state index in [1.54, 1.807) is 19.3 Å². The van der Waals surface area contributed by atoms with E-state index in [1.165, 1.54) is 5.56 Å². The number of aryl methyl sites for hydroxylation is 2. The van der Waals surface area contributed by atoms with Crippen LogP contribution < -0.4 is 10.5 Å². The molecule has 0 saturated carbocycles. The average Bonchev–Trinajstić information content (AvgIpc) is 2.93. The van der Waals surface area contributed by atoms with Crippen molar-refractivity contribution in [2.24, 2.45) is 0 Å². The SMILES string of the molecule is CC(=O)[C@@H](OC(C)(C)C)c1c(C)cc2c(C)c(-c3cnc(N)nc3)ccc2c1-c1ccc2c3c(ccnc13)CCO2. The highest BCUT2D eigenvalue weighted by molar-refractivity contribution is 6.10. The van der Waals surface area contributed by atoms with Crippen LogP contribution in [0, 0.1) is 13.8 Å². The van der Waals surface area contributed by atoms with Crippen LogP contribution in [0.3, 0.4) is 0 Å². The van der Waals surface area contributed by atoms with Gasteiger partial charge in [0.25, 0.3) is 0 Å². The summed E-state index contributed by atoms with van der Waals surface area (Å²) in [5.74, 6) is 1.03. The first-order valence-corrected chi connectivity index (χ1v) is 13.9. The Morgan fingerprint density at radius 1 is 1.00 bits per heavy atom. The highest BCUT2D eigenvalue weighted by Gasteiger charge is 2.31. The Morgan fingerprint density at radius 3 is 2.44 bits per heavy atom. The van der Waals surface area contributed by atoms with Crippen LogP contribution in [-0.2, 0) is 16.0 Å². The van der Waals surface area contributed by atoms with Crippen LogP contribution in [0.25, 0.3) is 43.9 Å². The van der Waals surface area contributed by atoms with Crippen LogP contribution in [0.4, 0.5) is 5.95 Å². The number of anilines is 1. The highest BCUT2D eigenvalue weighted by atomic mass is 16.5. The molecule has 0 amide bonds. The summed E-state index contributed by atoms with van der Waals surface area (Å²) < 4.78 is 12.5. The Balaban J connectivity index is 1.72. The molecule has 41 heavy (non-hydrogen) atoms. The van der Waals surface area contributed by atoms with Crippen molar-refractivity contribution < 1.29 is 14.3 Å². The number of ether oxygens (including phenoxy) is 2. The fourth-order valence-electron chi connectivity index (χ4n) is 5.99. The Hall–Kier alpha value is -4.36. The Morgan fingerprint density at radius 2 is 1.73 bits per heavy atom. The van der Waals surface area contributed by atoms with Gasteiger partial charge in [0.15, 0.2) is 5.78 Å². The second-order valence-corrected chi connectivity index (χ2v) is 11.8. The number of Topliss-reactive ketones (excluding diaryl/α,β-unsaturated/α-hetero) is 1. The predicted molar refractivity (Wildman–Crippen MR) is 163 cm³/mol. The maximum Gasteiger partial charge on any atom is 0.219 e. The van der Waals surface area contributed by atoms with Gasteiger partial charge in [-0.2, -0.15) is 0 Å². The molecule has 2 N–H and O–H groups in total. The molecule has 0 aliphatic carbocycles. The van der Waals surface area contributed by atoms with Crippen molar-refractivity contribution in [2.45, 2.75) is 59.7 Å². The van der Waals surface area contributed by atoms with Gasteiger partial charge in [0.1, 0.15) is 11.9 Å². The lowest BCUT2D eigenvalue weighted by Gasteiger charge is -2.30. The molecule has 7 heteroatoms. The normalized spacial score (nSPS) is 13.8. The number of aromatic nitrogens is 3. The molecule has 1 atom stereocenters. The van der Waals surface area contributed by atoms with Gasteiger partial charge in [-0.1, -0.05) is 18.2 Å². The smallest absolute Gasteiger partial charge is 0.219 e. The van der Waals surface area contributed by atoms with Gasteiger partial charge in [0.05, 0.1) is 17.7 Å². The van der Waals surface area contributed by atoms with Gasteiger partial charge in [-0.05, 0) is 104 Å². The molecule has 3 aromatic carbocycles. The fraction of sp³-hybridized carbons (Fsp3) is 0.294. The summed E-state index contributed by atoms with van der Waals surface area (Å²) in [6, 6.07) is 12.5. The number of benzene rings is 3. The van der Waals surface area contributed by atoms with Crippen LogP contribution in [0.2, 0.25) is 0 Å². The molecule has 0 radical (unpaired) electrons. The topological polar surface area (TPSA) is 100 Å². The first-order chi connectivity index (χ1) is 19.5. The van der Waals surface area contributed by atoms with Crippen LogP contribution in [-0.4, -0.2) is 32.9 Å². The largest absolute Gasteiger partial charge is 0.493 e. The standard InChI is InChI=1S/C34H34N4O3/c1-18-15-26-19(2)23(22-16-37-33(35)38-17-22)7-8-24(26)30(28(18)32(20(3)39)41-34(4,5)6)25-9-10-27-29-21(12-14-40-27)11-13-36-31(25)29/h7-11,13,15-17,32H,12,14H2,1-6H3,(H2,35,37,38)/t32-/m1/s1. The van der Waals surface area contributed by atoms with Gasteiger partial charge in [0.2, 0.25) is 5.95 Å². The molecular weight excluding hydrogens is 512 g/mol. The van der Waals surface area contributed by atoms with Crippen molar-refractivity contribution in [1.29, 1.82) is 0 Å². The Labute approximate surface area is 239 Å². The number of hydrogen-bond acceptors (Lipinski definition) is 7. The van der Waals surface area contributed by atoms with Gasteiger partial charge in [0, 0.05) is 41.5 Å². The van der Waals surface area contributed by atoms with E-state index >= 15 is 0 Å². The van der Waals surface area contributed by atoms with E-state index in [-0.39, 0.29) is 11.7 Å². The maximum atomic E-state index is 13.3. The van der Waals surface area contributed by atoms with E-state index in [1.807, 2.05) is 33.0 Å². The summed E-state index contributed by atoms with van der Waals surface area (Å²) in [5.41, 5.74) is 14.0. The molecule has 208 valence electrons. The number of ketones is 1. The van der Waals surface area contributed by atoms with Gasteiger partial charge >= 0.3 is 0 Å². The third-order valence-electron chi connectivity index (χ3n) is 7.76. The molecule has 0 unspecified atom stereocenters. The lowest BCUT2D eigenvalue weighted by Crippen LogP contribution is -2.27. The second-order valence-electron chi connectivity index (χ2n) is 11.8. The van der Waals surface area contributed by atoms with Crippen LogP contribution in [0.15, 0.2) is 55.0 Å². The number of hydrogen-bond donors (Lipinski definition) is 1. The number of pyridine rings is 1. The average molecular weight is 547 g/mol. The molecule has 5 aromatic rings. The third kappa shape index (κ3) is 4.70. The monoisotopic (exact) mass is 546 g/mol. The van der Waals surface area contributed by atoms with E-state index in [0.717, 1.165) is 72.8 Å². The second kappa shape index (κ2) is 9.93. The molecule has 0 bridgehead atoms. The van der Waals surface area contributed by atoms with Crippen LogP contribution in [0.5, 0.6) is 5.75 Å². The fourth-order valence-corrected chi connectivity index (χ4v) is 5.99. The van der Waals surface area contributed by atoms with Gasteiger partial charge in [-0.3, -0.25) is 9.78 Å². The molecule has 3 heterocycles. The zero-order valence-corrected chi connectivity index (χ0v) is 24.3. The molecule has 2 aromatic heterocycles. The lowest BCUT2D eigenvalue weighted by atomic mass is 9.83. The maximum absolute atomic E-state index is 13.3. The minimum absolute atomic E-state index is 0.0463. The van der Waals surface area contributed by atoms with E-state index in [9.17, 15) is 4.79 Å². The van der Waals surface area contributed by atoms with Crippen molar-refractivity contribution in [3.8, 4) is 28.0 Å². The lowest BCUT2D eigenvalue weighted by molar-refractivity contribution is -0.138. The van der Waals surface area contributed by atoms with Crippen molar-refractivity contribution in [3.63, 3.8) is 0 Å². The molecular formula is C34H34N4O3. The molecule has 1 aliphatic heterocycles. The molecule has 7 nitrogen and oxygen atoms in total. The first kappa shape index (κ1) is 26.8. The zero-order valence-electron chi connectivity index (χ0n) is 24.3. The zero-order chi connectivity index (χ0) is 29.1. The summed E-state index contributed by atoms with van der Waals surface area (Å²) in [5, 5.41) is 3.12. The predicted octanol–water partition coefficient (Wildman–Crippen LogP) is 7.09. The summed E-state index contributed by atoms with van der Waals surface area (Å²) in [7, 11) is 0. The molecule has 0 saturated heterocycles. The summed E-state index contributed by atoms with van der Waals surface area (Å²) >= 11 is 0. The minimum Gasteiger partial charge on any atom is -0.493 e. The number of carbonyl (C=O) groups is 1. The van der Waals surface area contributed by atoms with Gasteiger partial charge in [-0.25, -0.2) is 9.97 Å². The summed E-state index contributed by atoms with van der Waals surface area (Å²) in [4.78, 5) is 26.6. The number of carbonyl (C=O) groups excluding carboxylic acids is 1. The number of rotatable bonds is 5. The van der Waals surface area contributed by atoms with Crippen LogP contribution >= 0.6 is 0 Å². The van der Waals surface area contributed by atoms with E-state index < -0.39 is 11.7 Å². The number of fused-ring (bicyclic) bond motifs is 1. The van der Waals surface area contributed by atoms with Crippen molar-refractivity contribution in [3.05, 3.63) is 77.2 Å². The van der Waals surface area contributed by atoms with Crippen molar-refractivity contribution in [2.75, 3.05) is 12.3 Å². The highest BCUT2D eigenvalue weighted by Crippen LogP contribution is 2.46. The Bertz CT molecular complexity index is 1830. The summed E-state index contributed by atoms with van der Waals surface area (Å²) in [6.45, 7) is 12.3. The van der Waals surface area contributed by atoms with Crippen LogP contribution in [0.1, 0.15) is 56.1 Å². The number of nitrogens with zero attached hydrogens (tertiary/aromatic N) is 3. The summed E-state index contributed by atoms with van der Waals surface area (Å²) in [6.07, 6.45) is 5.44. The first-order valence-electron chi connectivity index (χ1n) is 13.9. The Kier molecular flexibility index (Phi) is 6.50. The van der Waals surface area contributed by atoms with E-state index in [4.69, 9.17) is 20.2 Å². The van der Waals surface area contributed by atoms with Gasteiger partial charge < -0.3 is 15.2 Å². The number of nitrogen functional groups attached to an aromatic ring is 1. The molecule has 0 fully saturated rings. The minimum atomic E-state index is -0.748. The van der Waals surface area contributed by atoms with Gasteiger partial charge in [-0.15, -0.1) is 0 Å². The van der Waals surface area contributed by atoms with E-state index in [0.29, 0.717) is 6.61 Å². The quantitative estimate of drug-likeness (QED) is 0.251. The molecule has 0 spiro atoms. The van der Waals surface area contributed by atoms with Crippen molar-refractivity contribution in [1.82, 2.24) is 15.0 Å². The van der Waals surface area contributed by atoms with Crippen molar-refractivity contribution >= 4 is 33.4 Å².